The average Bonchev–Trinajstić information content (AvgIpc) is 3.33. The van der Waals surface area contributed by atoms with E-state index < -0.39 is 12.1 Å². The van der Waals surface area contributed by atoms with Gasteiger partial charge in [0.25, 0.3) is 0 Å². The van der Waals surface area contributed by atoms with Crippen molar-refractivity contribution in [2.75, 3.05) is 13.2 Å². The van der Waals surface area contributed by atoms with E-state index in [0.29, 0.717) is 12.8 Å². The molecule has 0 radical (unpaired) electrons. The Kier molecular flexibility index (Phi) is 50.7. The maximum absolute atomic E-state index is 12.7. The first kappa shape index (κ1) is 63.5. The molecule has 0 heterocycles. The lowest BCUT2D eigenvalue weighted by Gasteiger charge is -2.17. The van der Waals surface area contributed by atoms with Gasteiger partial charge in [-0.15, -0.1) is 0 Å². The molecule has 0 saturated heterocycles. The summed E-state index contributed by atoms with van der Waals surface area (Å²) in [6, 6.07) is 0. The number of hydrogen-bond donors (Lipinski definition) is 1. The molecule has 0 spiro atoms. The molecule has 0 aromatic heterocycles. The third-order valence-corrected chi connectivity index (χ3v) is 11.7. The van der Waals surface area contributed by atoms with Gasteiger partial charge in [0.05, 0.1) is 6.10 Å². The first-order valence-electron chi connectivity index (χ1n) is 27.4. The molecule has 1 unspecified atom stereocenters. The largest absolute Gasteiger partial charge is 0.462 e. The highest BCUT2D eigenvalue weighted by Gasteiger charge is 2.18. The zero-order chi connectivity index (χ0) is 48.8. The van der Waals surface area contributed by atoms with Crippen molar-refractivity contribution < 1.29 is 38.7 Å². The Morgan fingerprint density at radius 2 is 0.761 bits per heavy atom. The molecule has 1 N–H and O–H groups in total. The van der Waals surface area contributed by atoms with Gasteiger partial charge in [-0.1, -0.05) is 222 Å². The predicted octanol–water partition coefficient (Wildman–Crippen LogP) is 17.4. The van der Waals surface area contributed by atoms with Gasteiger partial charge in [-0.3, -0.25) is 14.8 Å². The van der Waals surface area contributed by atoms with Gasteiger partial charge in [0, 0.05) is 18.9 Å². The van der Waals surface area contributed by atoms with E-state index >= 15 is 0 Å². The monoisotopic (exact) mass is 937 g/mol. The summed E-state index contributed by atoms with van der Waals surface area (Å²) in [6.07, 6.45) is 65.2. The molecule has 1 atom stereocenters. The van der Waals surface area contributed by atoms with Gasteiger partial charge in [-0.25, -0.2) is 9.68 Å². The van der Waals surface area contributed by atoms with E-state index in [4.69, 9.17) is 19.5 Å². The number of rotatable bonds is 49. The summed E-state index contributed by atoms with van der Waals surface area (Å²) >= 11 is 0. The molecule has 0 bridgehead atoms. The zero-order valence-corrected chi connectivity index (χ0v) is 43.2. The van der Waals surface area contributed by atoms with E-state index in [9.17, 15) is 14.4 Å². The molecule has 0 rings (SSSR count). The second-order valence-corrected chi connectivity index (χ2v) is 18.2. The normalized spacial score (nSPS) is 12.8. The second-order valence-electron chi connectivity index (χ2n) is 18.2. The van der Waals surface area contributed by atoms with E-state index in [0.717, 1.165) is 109 Å². The number of unbranched alkanes of at least 4 members (excludes halogenated alkanes) is 25. The number of carbonyl (C=O) groups excluding carboxylic acids is 3. The SMILES string of the molecule is CCCCCCCC/C=C\CCCCCCCC(=O)OCC(COC(=O)CCCCCCC/C=C\CCCCCCCC)OC(=O)C=CC=CC=CC=CC=CCCCCCC(CCC)OO. The summed E-state index contributed by atoms with van der Waals surface area (Å²) in [5, 5.41) is 8.93. The van der Waals surface area contributed by atoms with E-state index in [1.165, 1.54) is 109 Å². The van der Waals surface area contributed by atoms with Crippen LogP contribution >= 0.6 is 0 Å². The lowest BCUT2D eigenvalue weighted by molar-refractivity contribution is -0.281. The highest BCUT2D eigenvalue weighted by atomic mass is 17.1. The van der Waals surface area contributed by atoms with Crippen LogP contribution in [0.15, 0.2) is 85.1 Å². The maximum Gasteiger partial charge on any atom is 0.331 e. The highest BCUT2D eigenvalue weighted by Crippen LogP contribution is 2.14. The summed E-state index contributed by atoms with van der Waals surface area (Å²) in [5.41, 5.74) is 0. The molecule has 0 aliphatic rings. The fraction of sp³-hybridized carbons (Fsp3) is 0.712. The van der Waals surface area contributed by atoms with Crippen molar-refractivity contribution >= 4 is 17.9 Å². The van der Waals surface area contributed by atoms with Crippen LogP contribution in [0.3, 0.4) is 0 Å². The minimum Gasteiger partial charge on any atom is -0.462 e. The molecule has 384 valence electrons. The van der Waals surface area contributed by atoms with Crippen molar-refractivity contribution in [2.45, 2.75) is 258 Å². The average molecular weight is 937 g/mol. The molecular weight excluding hydrogens is 837 g/mol. The fourth-order valence-corrected chi connectivity index (χ4v) is 7.59. The Morgan fingerprint density at radius 3 is 1.19 bits per heavy atom. The number of hydrogen-bond acceptors (Lipinski definition) is 8. The van der Waals surface area contributed by atoms with Gasteiger partial charge in [0.2, 0.25) is 0 Å². The lowest BCUT2D eigenvalue weighted by atomic mass is 10.1. The third kappa shape index (κ3) is 50.2. The Balaban J connectivity index is 4.64. The molecule has 8 heteroatoms. The lowest BCUT2D eigenvalue weighted by Crippen LogP contribution is -2.30. The van der Waals surface area contributed by atoms with Gasteiger partial charge in [0.1, 0.15) is 13.2 Å². The van der Waals surface area contributed by atoms with Crippen LogP contribution in [-0.4, -0.2) is 48.6 Å². The molecule has 0 aromatic carbocycles. The third-order valence-electron chi connectivity index (χ3n) is 11.7. The fourth-order valence-electron chi connectivity index (χ4n) is 7.59. The topological polar surface area (TPSA) is 108 Å². The highest BCUT2D eigenvalue weighted by molar-refractivity contribution is 5.82. The van der Waals surface area contributed by atoms with Gasteiger partial charge in [-0.2, -0.15) is 0 Å². The van der Waals surface area contributed by atoms with Crippen LogP contribution in [0.1, 0.15) is 245 Å². The number of carbonyl (C=O) groups is 3. The van der Waals surface area contributed by atoms with Crippen molar-refractivity contribution in [3.63, 3.8) is 0 Å². The van der Waals surface area contributed by atoms with Gasteiger partial charge >= 0.3 is 17.9 Å². The van der Waals surface area contributed by atoms with Crippen LogP contribution in [0.2, 0.25) is 0 Å². The molecular formula is C59H100O8. The number of ether oxygens (including phenoxy) is 3. The predicted molar refractivity (Wildman–Crippen MR) is 282 cm³/mol. The summed E-state index contributed by atoms with van der Waals surface area (Å²) in [7, 11) is 0. The van der Waals surface area contributed by atoms with Gasteiger partial charge in [0.15, 0.2) is 6.10 Å². The van der Waals surface area contributed by atoms with Crippen LogP contribution in [0, 0.1) is 0 Å². The number of esters is 3. The zero-order valence-electron chi connectivity index (χ0n) is 43.2. The molecule has 0 amide bonds. The molecule has 0 aliphatic heterocycles. The summed E-state index contributed by atoms with van der Waals surface area (Å²) < 4.78 is 16.6. The smallest absolute Gasteiger partial charge is 0.331 e. The molecule has 0 fully saturated rings. The van der Waals surface area contributed by atoms with Crippen LogP contribution in [-0.2, 0) is 33.5 Å². The van der Waals surface area contributed by atoms with Crippen LogP contribution in [0.25, 0.3) is 0 Å². The minimum absolute atomic E-state index is 0.0405. The number of allylic oxidation sites excluding steroid dienone is 13. The maximum atomic E-state index is 12.7. The molecule has 8 nitrogen and oxygen atoms in total. The van der Waals surface area contributed by atoms with Crippen molar-refractivity contribution in [1.82, 2.24) is 0 Å². The van der Waals surface area contributed by atoms with E-state index in [1.54, 1.807) is 12.2 Å². The first-order valence-corrected chi connectivity index (χ1v) is 27.4. The molecule has 0 aliphatic carbocycles. The Morgan fingerprint density at radius 1 is 0.388 bits per heavy atom. The van der Waals surface area contributed by atoms with Crippen LogP contribution in [0.4, 0.5) is 0 Å². The van der Waals surface area contributed by atoms with Crippen molar-refractivity contribution in [2.24, 2.45) is 0 Å². The molecule has 67 heavy (non-hydrogen) atoms. The van der Waals surface area contributed by atoms with E-state index in [2.05, 4.69) is 56.0 Å². The van der Waals surface area contributed by atoms with Crippen LogP contribution < -0.4 is 0 Å². The van der Waals surface area contributed by atoms with Gasteiger partial charge < -0.3 is 14.2 Å². The Bertz CT molecular complexity index is 1270. The second kappa shape index (κ2) is 53.5. The van der Waals surface area contributed by atoms with Crippen molar-refractivity contribution in [3.05, 3.63) is 85.1 Å². The van der Waals surface area contributed by atoms with Gasteiger partial charge in [-0.05, 0) is 89.9 Å². The summed E-state index contributed by atoms with van der Waals surface area (Å²) in [6.45, 7) is 6.28. The molecule has 0 saturated carbocycles. The summed E-state index contributed by atoms with van der Waals surface area (Å²) in [5.74, 6) is -1.28. The standard InChI is InChI=1S/C59H100O8/c1-4-7-9-11-13-15-17-19-21-25-29-33-37-41-45-50-57(60)64-53-56(54-65-58(61)51-46-42-38-34-30-26-22-20-18-16-14-12-10-8-5-2)66-59(62)52-47-43-39-35-31-27-23-24-28-32-36-40-44-49-55(67-63)48-6-3/h19-24,27-28,31,35,39,43,47,52,55-56,63H,4-18,25-26,29-30,32-34,36-38,40-42,44-46,48-51,53-54H2,1-3H3/b21-19-,22-20-,27-23?,28-24?,35-31?,43-39?,52-47?. The van der Waals surface area contributed by atoms with Crippen LogP contribution in [0.5, 0.6) is 0 Å². The minimum atomic E-state index is -0.894. The Hall–Kier alpha value is -3.49. The quantitative estimate of drug-likeness (QED) is 0.00939. The van der Waals surface area contributed by atoms with Crippen molar-refractivity contribution in [3.8, 4) is 0 Å². The Labute approximate surface area is 411 Å². The summed E-state index contributed by atoms with van der Waals surface area (Å²) in [4.78, 5) is 42.5. The van der Waals surface area contributed by atoms with E-state index in [-0.39, 0.29) is 31.3 Å². The molecule has 0 aromatic rings. The van der Waals surface area contributed by atoms with Crippen molar-refractivity contribution in [1.29, 1.82) is 0 Å². The van der Waals surface area contributed by atoms with E-state index in [1.807, 2.05) is 36.5 Å². The first-order chi connectivity index (χ1) is 33.0.